The number of para-hydroxylation sites is 1. The van der Waals surface area contributed by atoms with Crippen molar-refractivity contribution >= 4 is 23.3 Å². The lowest BCUT2D eigenvalue weighted by Crippen LogP contribution is -2.48. The van der Waals surface area contributed by atoms with Crippen LogP contribution in [0.25, 0.3) is 0 Å². The van der Waals surface area contributed by atoms with Gasteiger partial charge in [-0.3, -0.25) is 14.4 Å². The van der Waals surface area contributed by atoms with Gasteiger partial charge in [0.1, 0.15) is 0 Å². The van der Waals surface area contributed by atoms with E-state index >= 15 is 0 Å². The summed E-state index contributed by atoms with van der Waals surface area (Å²) in [6.45, 7) is 3.70. The lowest BCUT2D eigenvalue weighted by molar-refractivity contribution is -0.144. The van der Waals surface area contributed by atoms with Crippen LogP contribution in [0.4, 0.5) is 5.69 Å². The second-order valence-electron chi connectivity index (χ2n) is 3.89. The number of Topliss-reactive ketones (excluding diaryl/α,β-unsaturated/α-hetero) is 1. The minimum atomic E-state index is -1.65. The third-order valence-corrected chi connectivity index (χ3v) is 2.79. The highest BCUT2D eigenvalue weighted by atomic mass is 16.4. The number of benzene rings is 1. The third kappa shape index (κ3) is 1.69. The first-order chi connectivity index (χ1) is 8.57. The largest absolute Gasteiger partial charge is 0.480 e. The zero-order valence-corrected chi connectivity index (χ0v) is 9.50. The van der Waals surface area contributed by atoms with Crippen LogP contribution in [0.2, 0.25) is 0 Å². The average Bonchev–Trinajstić information content (AvgIpc) is 2.34. The highest BCUT2D eigenvalue weighted by Gasteiger charge is 2.43. The molecule has 2 rings (SSSR count). The Morgan fingerprint density at radius 3 is 2.67 bits per heavy atom. The number of carboxylic acids is 1. The van der Waals surface area contributed by atoms with Crippen LogP contribution in [0.15, 0.2) is 36.9 Å². The number of carboxylic acid groups (broad SMARTS) is 1. The summed E-state index contributed by atoms with van der Waals surface area (Å²) in [5, 5.41) is 9.00. The number of rotatable bonds is 3. The molecule has 1 atom stereocenters. The Bertz CT molecular complexity index is 550. The predicted octanol–water partition coefficient (Wildman–Crippen LogP) is 1.10. The molecule has 1 N–H and O–H groups in total. The first-order valence-electron chi connectivity index (χ1n) is 5.36. The molecule has 1 aliphatic heterocycles. The van der Waals surface area contributed by atoms with Crippen LogP contribution in [-0.4, -0.2) is 29.3 Å². The standard InChI is InChI=1S/C13H11NO4/c1-2-7-14-9-6-4-3-5-8(9)11(15)10(12(14)16)13(17)18/h2-6,10H,1,7H2,(H,17,18)/t10-/m0/s1. The summed E-state index contributed by atoms with van der Waals surface area (Å²) in [6.07, 6.45) is 1.49. The van der Waals surface area contributed by atoms with Gasteiger partial charge in [-0.2, -0.15) is 0 Å². The fourth-order valence-corrected chi connectivity index (χ4v) is 1.99. The van der Waals surface area contributed by atoms with Gasteiger partial charge in [0.2, 0.25) is 5.91 Å². The van der Waals surface area contributed by atoms with E-state index in [-0.39, 0.29) is 12.1 Å². The van der Waals surface area contributed by atoms with Gasteiger partial charge in [-0.25, -0.2) is 0 Å². The maximum Gasteiger partial charge on any atom is 0.324 e. The minimum absolute atomic E-state index is 0.174. The molecule has 1 amide bonds. The molecule has 18 heavy (non-hydrogen) atoms. The van der Waals surface area contributed by atoms with Crippen molar-refractivity contribution in [3.63, 3.8) is 0 Å². The van der Waals surface area contributed by atoms with Crippen LogP contribution in [0.3, 0.4) is 0 Å². The molecule has 1 aromatic carbocycles. The number of hydrogen-bond acceptors (Lipinski definition) is 3. The smallest absolute Gasteiger partial charge is 0.324 e. The highest BCUT2D eigenvalue weighted by Crippen LogP contribution is 2.30. The van der Waals surface area contributed by atoms with Crippen LogP contribution in [0.5, 0.6) is 0 Å². The van der Waals surface area contributed by atoms with E-state index in [4.69, 9.17) is 5.11 Å². The van der Waals surface area contributed by atoms with Gasteiger partial charge < -0.3 is 10.0 Å². The van der Waals surface area contributed by atoms with E-state index in [1.54, 1.807) is 18.2 Å². The second-order valence-corrected chi connectivity index (χ2v) is 3.89. The summed E-state index contributed by atoms with van der Waals surface area (Å²) in [4.78, 5) is 36.3. The van der Waals surface area contributed by atoms with Crippen LogP contribution in [0.1, 0.15) is 10.4 Å². The molecule has 0 aromatic heterocycles. The molecule has 0 radical (unpaired) electrons. The summed E-state index contributed by atoms with van der Waals surface area (Å²) in [5.41, 5.74) is 0.691. The van der Waals surface area contributed by atoms with E-state index in [9.17, 15) is 14.4 Å². The fraction of sp³-hybridized carbons (Fsp3) is 0.154. The number of aliphatic carboxylic acids is 1. The number of fused-ring (bicyclic) bond motifs is 1. The third-order valence-electron chi connectivity index (χ3n) is 2.79. The summed E-state index contributed by atoms with van der Waals surface area (Å²) < 4.78 is 0. The monoisotopic (exact) mass is 245 g/mol. The van der Waals surface area contributed by atoms with Crippen LogP contribution in [-0.2, 0) is 9.59 Å². The first-order valence-corrected chi connectivity index (χ1v) is 5.36. The van der Waals surface area contributed by atoms with E-state index in [0.29, 0.717) is 5.69 Å². The number of carbonyl (C=O) groups excluding carboxylic acids is 2. The molecule has 1 aliphatic rings. The molecule has 0 unspecified atom stereocenters. The lowest BCUT2D eigenvalue weighted by Gasteiger charge is -2.30. The van der Waals surface area contributed by atoms with E-state index in [1.807, 2.05) is 0 Å². The topological polar surface area (TPSA) is 74.7 Å². The number of anilines is 1. The molecule has 0 bridgehead atoms. The van der Waals surface area contributed by atoms with Crippen molar-refractivity contribution in [1.82, 2.24) is 0 Å². The Kier molecular flexibility index (Phi) is 2.97. The first kappa shape index (κ1) is 12.0. The molecule has 0 saturated heterocycles. The van der Waals surface area contributed by atoms with Gasteiger partial charge in [-0.05, 0) is 12.1 Å². The van der Waals surface area contributed by atoms with E-state index in [0.717, 1.165) is 0 Å². The highest BCUT2D eigenvalue weighted by molar-refractivity contribution is 6.30. The van der Waals surface area contributed by atoms with Crippen molar-refractivity contribution < 1.29 is 19.5 Å². The molecule has 0 spiro atoms. The van der Waals surface area contributed by atoms with Gasteiger partial charge in [0.05, 0.1) is 5.69 Å². The molecule has 1 heterocycles. The number of ketones is 1. The minimum Gasteiger partial charge on any atom is -0.480 e. The molecule has 0 fully saturated rings. The van der Waals surface area contributed by atoms with Gasteiger partial charge in [0.15, 0.2) is 11.7 Å². The van der Waals surface area contributed by atoms with Gasteiger partial charge in [0.25, 0.3) is 0 Å². The number of hydrogen-bond donors (Lipinski definition) is 1. The molecular formula is C13H11NO4. The van der Waals surface area contributed by atoms with Gasteiger partial charge in [0, 0.05) is 12.1 Å². The van der Waals surface area contributed by atoms with Gasteiger partial charge in [-0.1, -0.05) is 18.2 Å². The molecule has 0 aliphatic carbocycles. The van der Waals surface area contributed by atoms with Crippen molar-refractivity contribution in [2.75, 3.05) is 11.4 Å². The molecule has 1 aromatic rings. The van der Waals surface area contributed by atoms with Gasteiger partial charge in [-0.15, -0.1) is 6.58 Å². The van der Waals surface area contributed by atoms with Crippen molar-refractivity contribution in [1.29, 1.82) is 0 Å². The van der Waals surface area contributed by atoms with E-state index in [1.165, 1.54) is 17.0 Å². The predicted molar refractivity (Wildman–Crippen MR) is 64.4 cm³/mol. The molecule has 0 saturated carbocycles. The van der Waals surface area contributed by atoms with E-state index < -0.39 is 23.6 Å². The van der Waals surface area contributed by atoms with Crippen LogP contribution in [0, 0.1) is 5.92 Å². The van der Waals surface area contributed by atoms with Crippen molar-refractivity contribution in [3.8, 4) is 0 Å². The molecule has 5 heteroatoms. The Labute approximate surface area is 103 Å². The number of carbonyl (C=O) groups is 3. The van der Waals surface area contributed by atoms with Crippen LogP contribution >= 0.6 is 0 Å². The second kappa shape index (κ2) is 4.44. The Hall–Kier alpha value is -2.43. The van der Waals surface area contributed by atoms with E-state index in [2.05, 4.69) is 6.58 Å². The van der Waals surface area contributed by atoms with Crippen molar-refractivity contribution in [2.24, 2.45) is 5.92 Å². The van der Waals surface area contributed by atoms with Crippen LogP contribution < -0.4 is 4.90 Å². The Morgan fingerprint density at radius 2 is 2.06 bits per heavy atom. The summed E-state index contributed by atoms with van der Waals surface area (Å²) in [7, 11) is 0. The maximum atomic E-state index is 12.0. The molecular weight excluding hydrogens is 234 g/mol. The normalized spacial score (nSPS) is 18.4. The SMILES string of the molecule is C=CCN1C(=O)[C@@H](C(=O)O)C(=O)c2ccccc21. The zero-order chi connectivity index (χ0) is 13.3. The number of amides is 1. The molecule has 5 nitrogen and oxygen atoms in total. The Morgan fingerprint density at radius 1 is 1.39 bits per heavy atom. The zero-order valence-electron chi connectivity index (χ0n) is 9.50. The molecule has 92 valence electrons. The lowest BCUT2D eigenvalue weighted by atomic mass is 9.90. The number of nitrogens with zero attached hydrogens (tertiary/aromatic N) is 1. The average molecular weight is 245 g/mol. The maximum absolute atomic E-state index is 12.0. The summed E-state index contributed by atoms with van der Waals surface area (Å²) in [5.74, 6) is -4.46. The summed E-state index contributed by atoms with van der Waals surface area (Å²) >= 11 is 0. The van der Waals surface area contributed by atoms with Gasteiger partial charge >= 0.3 is 5.97 Å². The quantitative estimate of drug-likeness (QED) is 0.639. The van der Waals surface area contributed by atoms with Crippen molar-refractivity contribution in [3.05, 3.63) is 42.5 Å². The fourth-order valence-electron chi connectivity index (χ4n) is 1.99. The van der Waals surface area contributed by atoms with Crippen molar-refractivity contribution in [2.45, 2.75) is 0 Å². The Balaban J connectivity index is 2.59. The summed E-state index contributed by atoms with van der Waals surface area (Å²) in [6, 6.07) is 6.47.